The molecule has 156 valence electrons. The Bertz CT molecular complexity index is 1060. The van der Waals surface area contributed by atoms with Gasteiger partial charge < -0.3 is 10.8 Å². The maximum absolute atomic E-state index is 13.2. The highest BCUT2D eigenvalue weighted by molar-refractivity contribution is 7.99. The van der Waals surface area contributed by atoms with Crippen molar-refractivity contribution in [2.75, 3.05) is 0 Å². The number of rotatable bonds is 4. The summed E-state index contributed by atoms with van der Waals surface area (Å²) < 4.78 is 14.8. The number of aryl methyl sites for hydroxylation is 1. The van der Waals surface area contributed by atoms with E-state index in [2.05, 4.69) is 15.1 Å². The molecular weight excluding hydrogens is 405 g/mol. The van der Waals surface area contributed by atoms with Crippen molar-refractivity contribution in [3.05, 3.63) is 59.8 Å². The van der Waals surface area contributed by atoms with Gasteiger partial charge in [-0.3, -0.25) is 9.48 Å². The van der Waals surface area contributed by atoms with Crippen LogP contribution < -0.4 is 5.73 Å². The van der Waals surface area contributed by atoms with Crippen molar-refractivity contribution in [2.45, 2.75) is 36.1 Å². The van der Waals surface area contributed by atoms with Crippen LogP contribution in [0.3, 0.4) is 0 Å². The summed E-state index contributed by atoms with van der Waals surface area (Å²) >= 11 is 1.52. The molecule has 2 atom stereocenters. The Balaban J connectivity index is 1.66. The van der Waals surface area contributed by atoms with Crippen molar-refractivity contribution in [1.29, 1.82) is 0 Å². The number of carboxylic acids is 1. The maximum atomic E-state index is 13.2. The molecule has 0 bridgehead atoms. The third kappa shape index (κ3) is 3.89. The quantitative estimate of drug-likeness (QED) is 0.772. The number of aliphatic imine (C=N–C) groups is 1. The molecule has 1 heterocycles. The molecule has 7 nitrogen and oxygen atoms in total. The van der Waals surface area contributed by atoms with Gasteiger partial charge in [-0.1, -0.05) is 17.3 Å². The number of benzene rings is 1. The molecule has 0 spiro atoms. The van der Waals surface area contributed by atoms with Gasteiger partial charge in [0.2, 0.25) is 5.16 Å². The lowest BCUT2D eigenvalue weighted by atomic mass is 9.63. The molecule has 1 aromatic carbocycles. The molecule has 9 heteroatoms. The predicted octanol–water partition coefficient (Wildman–Crippen LogP) is 3.62. The van der Waals surface area contributed by atoms with Crippen molar-refractivity contribution in [3.63, 3.8) is 0 Å². The lowest BCUT2D eigenvalue weighted by Crippen LogP contribution is -2.43. The van der Waals surface area contributed by atoms with E-state index < -0.39 is 11.4 Å². The number of aromatic nitrogens is 3. The van der Waals surface area contributed by atoms with Crippen LogP contribution in [-0.4, -0.2) is 36.8 Å². The fourth-order valence-corrected chi connectivity index (χ4v) is 5.26. The number of allylic oxidation sites excluding steroid dienone is 2. The maximum Gasteiger partial charge on any atom is 0.314 e. The molecule has 0 unspecified atom stereocenters. The lowest BCUT2D eigenvalue weighted by Gasteiger charge is -2.42. The van der Waals surface area contributed by atoms with Crippen molar-refractivity contribution in [3.8, 4) is 0 Å². The van der Waals surface area contributed by atoms with E-state index in [1.807, 2.05) is 6.08 Å². The summed E-state index contributed by atoms with van der Waals surface area (Å²) in [5.74, 6) is -1.19. The van der Waals surface area contributed by atoms with Gasteiger partial charge in [0.1, 0.15) is 12.1 Å². The van der Waals surface area contributed by atoms with Crippen LogP contribution in [0.15, 0.2) is 64.2 Å². The first-order valence-corrected chi connectivity index (χ1v) is 10.5. The predicted molar refractivity (Wildman–Crippen MR) is 113 cm³/mol. The van der Waals surface area contributed by atoms with Crippen LogP contribution >= 0.6 is 11.8 Å². The Morgan fingerprint density at radius 1 is 1.43 bits per heavy atom. The van der Waals surface area contributed by atoms with E-state index in [9.17, 15) is 14.3 Å². The average molecular weight is 428 g/mol. The zero-order valence-electron chi connectivity index (χ0n) is 16.5. The van der Waals surface area contributed by atoms with Gasteiger partial charge in [-0.05, 0) is 67.8 Å². The number of hydrogen-bond acceptors (Lipinski definition) is 6. The van der Waals surface area contributed by atoms with Gasteiger partial charge in [0.05, 0.1) is 16.8 Å². The molecule has 2 aromatic rings. The van der Waals surface area contributed by atoms with Crippen molar-refractivity contribution >= 4 is 29.1 Å². The summed E-state index contributed by atoms with van der Waals surface area (Å²) in [5, 5.41) is 15.2. The Morgan fingerprint density at radius 3 is 2.83 bits per heavy atom. The minimum atomic E-state index is -1.02. The Labute approximate surface area is 177 Å². The molecule has 1 aromatic heterocycles. The third-order valence-corrected chi connectivity index (χ3v) is 6.73. The molecule has 1 saturated carbocycles. The lowest BCUT2D eigenvalue weighted by molar-refractivity contribution is -0.147. The fourth-order valence-electron chi connectivity index (χ4n) is 4.07. The topological polar surface area (TPSA) is 106 Å². The summed E-state index contributed by atoms with van der Waals surface area (Å²) in [6, 6.07) is 5.86. The van der Waals surface area contributed by atoms with Crippen LogP contribution in [0.4, 0.5) is 10.1 Å². The van der Waals surface area contributed by atoms with E-state index in [0.29, 0.717) is 35.0 Å². The Morgan fingerprint density at radius 2 is 2.20 bits per heavy atom. The number of thioether (sulfide) groups is 1. The highest BCUT2D eigenvalue weighted by Crippen LogP contribution is 2.51. The Kier molecular flexibility index (Phi) is 5.46. The summed E-state index contributed by atoms with van der Waals surface area (Å²) in [4.78, 5) is 21.3. The van der Waals surface area contributed by atoms with Crippen LogP contribution in [-0.2, 0) is 11.8 Å². The van der Waals surface area contributed by atoms with Crippen molar-refractivity contribution < 1.29 is 14.3 Å². The smallest absolute Gasteiger partial charge is 0.314 e. The van der Waals surface area contributed by atoms with Gasteiger partial charge in [0, 0.05) is 12.3 Å². The summed E-state index contributed by atoms with van der Waals surface area (Å²) in [6.07, 6.45) is 7.14. The molecule has 2 aliphatic rings. The zero-order valence-corrected chi connectivity index (χ0v) is 17.3. The molecule has 2 aliphatic carbocycles. The molecule has 0 aliphatic heterocycles. The average Bonchev–Trinajstić information content (AvgIpc) is 3.13. The highest BCUT2D eigenvalue weighted by Gasteiger charge is 2.49. The number of nitrogens with two attached hydrogens (primary N) is 1. The van der Waals surface area contributed by atoms with Gasteiger partial charge >= 0.3 is 5.97 Å². The molecular formula is C21H22FN5O2S. The molecule has 30 heavy (non-hydrogen) atoms. The summed E-state index contributed by atoms with van der Waals surface area (Å²) in [6.45, 7) is 0. The fraction of sp³-hybridized carbons (Fsp3) is 0.333. The third-order valence-electron chi connectivity index (χ3n) is 5.60. The molecule has 3 N–H and O–H groups in total. The van der Waals surface area contributed by atoms with Crippen LogP contribution in [0.2, 0.25) is 0 Å². The Hall–Kier alpha value is -2.94. The van der Waals surface area contributed by atoms with E-state index in [-0.39, 0.29) is 17.5 Å². The second-order valence-electron chi connectivity index (χ2n) is 7.58. The van der Waals surface area contributed by atoms with Gasteiger partial charge in [0.15, 0.2) is 0 Å². The van der Waals surface area contributed by atoms with E-state index in [1.165, 1.54) is 30.1 Å². The van der Waals surface area contributed by atoms with Crippen LogP contribution in [0, 0.1) is 11.2 Å². The van der Waals surface area contributed by atoms with E-state index in [1.54, 1.807) is 30.2 Å². The SMILES string of the molecule is Cn1cnc(S[C@H]2CCC3=CC(=Nc4ccc(F)cc4)/C(=C\N)C[C@]3(C(=O)O)C2)n1. The van der Waals surface area contributed by atoms with Crippen LogP contribution in [0.1, 0.15) is 25.7 Å². The van der Waals surface area contributed by atoms with Crippen molar-refractivity contribution in [2.24, 2.45) is 23.2 Å². The van der Waals surface area contributed by atoms with Gasteiger partial charge in [-0.2, -0.15) is 0 Å². The van der Waals surface area contributed by atoms with Gasteiger partial charge in [-0.15, -0.1) is 5.10 Å². The number of nitrogens with zero attached hydrogens (tertiary/aromatic N) is 4. The van der Waals surface area contributed by atoms with Gasteiger partial charge in [-0.25, -0.2) is 14.4 Å². The molecule has 0 saturated heterocycles. The second-order valence-corrected chi connectivity index (χ2v) is 8.85. The molecule has 0 amide bonds. The highest BCUT2D eigenvalue weighted by atomic mass is 32.2. The minimum absolute atomic E-state index is 0.0928. The minimum Gasteiger partial charge on any atom is -0.481 e. The van der Waals surface area contributed by atoms with Crippen LogP contribution in [0.5, 0.6) is 0 Å². The first kappa shape index (κ1) is 20.3. The van der Waals surface area contributed by atoms with E-state index in [4.69, 9.17) is 5.73 Å². The zero-order chi connectivity index (χ0) is 21.3. The standard InChI is InChI=1S/C21H22FN5O2S/c1-27-12-24-20(26-27)30-17-7-2-14-8-18(25-16-5-3-15(22)4-6-16)13(11-23)9-21(14,10-17)19(28)29/h3-6,8,11-12,17H,2,7,9-10,23H2,1H3,(H,28,29)/b13-11-,25-18?/t17-,21-/m0/s1. The number of fused-ring (bicyclic) bond motifs is 1. The molecule has 4 rings (SSSR count). The number of carboxylic acid groups (broad SMARTS) is 1. The van der Waals surface area contributed by atoms with Gasteiger partial charge in [0.25, 0.3) is 0 Å². The first-order valence-electron chi connectivity index (χ1n) is 9.62. The second kappa shape index (κ2) is 8.06. The summed E-state index contributed by atoms with van der Waals surface area (Å²) in [5.41, 5.74) is 7.60. The van der Waals surface area contributed by atoms with Crippen molar-refractivity contribution in [1.82, 2.24) is 14.8 Å². The molecule has 1 fully saturated rings. The number of hydrogen-bond donors (Lipinski definition) is 2. The van der Waals surface area contributed by atoms with E-state index in [0.717, 1.165) is 12.0 Å². The summed E-state index contributed by atoms with van der Waals surface area (Å²) in [7, 11) is 1.80. The van der Waals surface area contributed by atoms with Crippen LogP contribution in [0.25, 0.3) is 0 Å². The number of aliphatic carboxylic acids is 1. The van der Waals surface area contributed by atoms with E-state index >= 15 is 0 Å². The normalized spacial score (nSPS) is 26.5. The first-order chi connectivity index (χ1) is 14.4. The largest absolute Gasteiger partial charge is 0.481 e. The molecule has 0 radical (unpaired) electrons. The number of carbonyl (C=O) groups is 1. The number of halogens is 1. The monoisotopic (exact) mass is 427 g/mol.